The number of aromatic nitrogens is 4. The highest BCUT2D eigenvalue weighted by molar-refractivity contribution is 8.00. The van der Waals surface area contributed by atoms with Crippen LogP contribution in [-0.4, -0.2) is 44.9 Å². The first kappa shape index (κ1) is 24.2. The van der Waals surface area contributed by atoms with E-state index in [4.69, 9.17) is 9.47 Å². The second-order valence-electron chi connectivity index (χ2n) is 7.59. The van der Waals surface area contributed by atoms with Crippen LogP contribution in [0.1, 0.15) is 18.9 Å². The Bertz CT molecular complexity index is 1370. The van der Waals surface area contributed by atoms with E-state index in [-0.39, 0.29) is 29.2 Å². The van der Waals surface area contributed by atoms with Crippen molar-refractivity contribution in [1.29, 1.82) is 0 Å². The van der Waals surface area contributed by atoms with Gasteiger partial charge in [0.25, 0.3) is 5.56 Å². The number of thioether (sulfide) groups is 1. The van der Waals surface area contributed by atoms with Crippen LogP contribution in [0.2, 0.25) is 0 Å². The van der Waals surface area contributed by atoms with E-state index in [9.17, 15) is 9.59 Å². The lowest BCUT2D eigenvalue weighted by atomic mass is 10.2. The monoisotopic (exact) mass is 491 g/mol. The molecule has 2 heterocycles. The molecule has 4 aromatic rings. The summed E-state index contributed by atoms with van der Waals surface area (Å²) in [4.78, 5) is 39.4. The van der Waals surface area contributed by atoms with Gasteiger partial charge in [-0.2, -0.15) is 0 Å². The molecule has 2 aromatic heterocycles. The van der Waals surface area contributed by atoms with E-state index < -0.39 is 5.25 Å². The van der Waals surface area contributed by atoms with Gasteiger partial charge in [-0.25, -0.2) is 15.0 Å². The lowest BCUT2D eigenvalue weighted by Crippen LogP contribution is -2.29. The molecule has 0 aliphatic rings. The van der Waals surface area contributed by atoms with Crippen LogP contribution in [0.5, 0.6) is 11.5 Å². The van der Waals surface area contributed by atoms with Crippen LogP contribution in [0.4, 0.5) is 5.69 Å². The quantitative estimate of drug-likeness (QED) is 0.279. The minimum absolute atomic E-state index is 0.182. The third-order valence-corrected chi connectivity index (χ3v) is 6.68. The van der Waals surface area contributed by atoms with Crippen LogP contribution in [0.3, 0.4) is 0 Å². The Morgan fingerprint density at radius 2 is 1.63 bits per heavy atom. The molecule has 1 atom stereocenters. The van der Waals surface area contributed by atoms with Crippen molar-refractivity contribution < 1.29 is 14.3 Å². The summed E-state index contributed by atoms with van der Waals surface area (Å²) in [7, 11) is 3.19. The summed E-state index contributed by atoms with van der Waals surface area (Å²) in [6, 6.07) is 14.5. The second kappa shape index (κ2) is 11.0. The number of fused-ring (bicyclic) bond motifs is 1. The highest BCUT2D eigenvalue weighted by Crippen LogP contribution is 2.26. The average Bonchev–Trinajstić information content (AvgIpc) is 2.90. The van der Waals surface area contributed by atoms with E-state index in [1.807, 2.05) is 31.2 Å². The topological polar surface area (TPSA) is 108 Å². The predicted octanol–water partition coefficient (Wildman–Crippen LogP) is 3.76. The van der Waals surface area contributed by atoms with Gasteiger partial charge < -0.3 is 14.8 Å². The Labute approximate surface area is 206 Å². The molecule has 180 valence electrons. The molecular weight excluding hydrogens is 466 g/mol. The molecule has 10 heteroatoms. The molecule has 0 radical (unpaired) electrons. The molecular formula is C25H25N5O4S. The van der Waals surface area contributed by atoms with Gasteiger partial charge >= 0.3 is 0 Å². The summed E-state index contributed by atoms with van der Waals surface area (Å²) in [6.45, 7) is 2.18. The second-order valence-corrected chi connectivity index (χ2v) is 8.76. The van der Waals surface area contributed by atoms with E-state index in [0.29, 0.717) is 23.0 Å². The lowest BCUT2D eigenvalue weighted by molar-refractivity contribution is -0.115. The molecule has 0 saturated heterocycles. The molecule has 0 aliphatic carbocycles. The summed E-state index contributed by atoms with van der Waals surface area (Å²) in [5, 5.41) is 2.84. The van der Waals surface area contributed by atoms with Gasteiger partial charge in [0.15, 0.2) is 16.3 Å². The number of amides is 1. The fourth-order valence-corrected chi connectivity index (χ4v) is 4.42. The van der Waals surface area contributed by atoms with Crippen LogP contribution < -0.4 is 20.3 Å². The number of nitrogens with zero attached hydrogens (tertiary/aromatic N) is 4. The van der Waals surface area contributed by atoms with Gasteiger partial charge in [-0.15, -0.1) is 0 Å². The van der Waals surface area contributed by atoms with Gasteiger partial charge in [-0.3, -0.25) is 14.2 Å². The van der Waals surface area contributed by atoms with Crippen molar-refractivity contribution in [2.24, 2.45) is 0 Å². The Hall–Kier alpha value is -3.92. The SMILES string of the molecule is CC[C@H](Sc1nc2nccnc2c(=O)n1Cc1ccc(OC)cc1)C(=O)Nc1ccc(OC)cc1. The van der Waals surface area contributed by atoms with E-state index in [2.05, 4.69) is 20.3 Å². The van der Waals surface area contributed by atoms with Crippen LogP contribution in [0, 0.1) is 0 Å². The molecule has 9 nitrogen and oxygen atoms in total. The van der Waals surface area contributed by atoms with Gasteiger partial charge in [0.05, 0.1) is 26.0 Å². The van der Waals surface area contributed by atoms with Crippen molar-refractivity contribution in [3.8, 4) is 11.5 Å². The van der Waals surface area contributed by atoms with Crippen molar-refractivity contribution in [3.05, 3.63) is 76.8 Å². The van der Waals surface area contributed by atoms with Crippen molar-refractivity contribution in [3.63, 3.8) is 0 Å². The highest BCUT2D eigenvalue weighted by atomic mass is 32.2. The number of hydrogen-bond donors (Lipinski definition) is 1. The van der Waals surface area contributed by atoms with Gasteiger partial charge in [-0.05, 0) is 48.4 Å². The Morgan fingerprint density at radius 1 is 1.00 bits per heavy atom. The first-order valence-electron chi connectivity index (χ1n) is 11.0. The Morgan fingerprint density at radius 3 is 2.26 bits per heavy atom. The van der Waals surface area contributed by atoms with Crippen LogP contribution >= 0.6 is 11.8 Å². The molecule has 0 unspecified atom stereocenters. The van der Waals surface area contributed by atoms with Gasteiger partial charge in [0, 0.05) is 18.1 Å². The number of hydrogen-bond acceptors (Lipinski definition) is 8. The zero-order valence-electron chi connectivity index (χ0n) is 19.6. The number of rotatable bonds is 9. The van der Waals surface area contributed by atoms with E-state index >= 15 is 0 Å². The van der Waals surface area contributed by atoms with E-state index in [1.165, 1.54) is 28.7 Å². The normalized spacial score (nSPS) is 11.7. The van der Waals surface area contributed by atoms with Crippen molar-refractivity contribution in [1.82, 2.24) is 19.5 Å². The van der Waals surface area contributed by atoms with E-state index in [0.717, 1.165) is 11.3 Å². The van der Waals surface area contributed by atoms with Crippen molar-refractivity contribution in [2.75, 3.05) is 19.5 Å². The van der Waals surface area contributed by atoms with Crippen LogP contribution in [0.25, 0.3) is 11.2 Å². The fraction of sp³-hybridized carbons (Fsp3) is 0.240. The van der Waals surface area contributed by atoms with Crippen LogP contribution in [0.15, 0.2) is 70.9 Å². The van der Waals surface area contributed by atoms with Gasteiger partial charge in [0.1, 0.15) is 11.5 Å². The maximum atomic E-state index is 13.3. The highest BCUT2D eigenvalue weighted by Gasteiger charge is 2.23. The summed E-state index contributed by atoms with van der Waals surface area (Å²) in [6.07, 6.45) is 3.49. The molecule has 0 aliphatic heterocycles. The largest absolute Gasteiger partial charge is 0.497 e. The lowest BCUT2D eigenvalue weighted by Gasteiger charge is -2.18. The third-order valence-electron chi connectivity index (χ3n) is 5.33. The molecule has 0 spiro atoms. The molecule has 2 aromatic carbocycles. The summed E-state index contributed by atoms with van der Waals surface area (Å²) in [5.74, 6) is 1.24. The number of nitrogens with one attached hydrogen (secondary N) is 1. The first-order chi connectivity index (χ1) is 17.0. The van der Waals surface area contributed by atoms with Crippen molar-refractivity contribution >= 4 is 34.5 Å². The first-order valence-corrected chi connectivity index (χ1v) is 11.9. The maximum absolute atomic E-state index is 13.3. The predicted molar refractivity (Wildman–Crippen MR) is 135 cm³/mol. The molecule has 0 saturated carbocycles. The number of methoxy groups -OCH3 is 2. The molecule has 1 N–H and O–H groups in total. The smallest absolute Gasteiger partial charge is 0.282 e. The number of carbonyl (C=O) groups excluding carboxylic acids is 1. The summed E-state index contributed by atoms with van der Waals surface area (Å²) in [5.41, 5.74) is 1.66. The summed E-state index contributed by atoms with van der Waals surface area (Å²) >= 11 is 1.23. The minimum Gasteiger partial charge on any atom is -0.497 e. The Balaban J connectivity index is 1.65. The zero-order chi connectivity index (χ0) is 24.8. The van der Waals surface area contributed by atoms with E-state index in [1.54, 1.807) is 38.5 Å². The Kier molecular flexibility index (Phi) is 7.61. The molecule has 0 bridgehead atoms. The third kappa shape index (κ3) is 5.60. The summed E-state index contributed by atoms with van der Waals surface area (Å²) < 4.78 is 11.9. The van der Waals surface area contributed by atoms with Crippen LogP contribution in [-0.2, 0) is 11.3 Å². The molecule has 4 rings (SSSR count). The zero-order valence-corrected chi connectivity index (χ0v) is 20.4. The maximum Gasteiger partial charge on any atom is 0.282 e. The number of benzene rings is 2. The minimum atomic E-state index is -0.486. The van der Waals surface area contributed by atoms with Gasteiger partial charge in [-0.1, -0.05) is 30.8 Å². The molecule has 35 heavy (non-hydrogen) atoms. The number of ether oxygens (including phenoxy) is 2. The fourth-order valence-electron chi connectivity index (χ4n) is 3.42. The van der Waals surface area contributed by atoms with Crippen molar-refractivity contribution in [2.45, 2.75) is 30.3 Å². The number of anilines is 1. The van der Waals surface area contributed by atoms with Gasteiger partial charge in [0.2, 0.25) is 5.91 Å². The standard InChI is InChI=1S/C25H25N5O4S/c1-4-20(23(31)28-17-7-11-19(34-3)12-8-17)35-25-29-22-21(26-13-14-27-22)24(32)30(25)15-16-5-9-18(33-2)10-6-16/h5-14,20H,4,15H2,1-3H3,(H,28,31)/t20-/m0/s1. The average molecular weight is 492 g/mol. The molecule has 0 fully saturated rings. The number of carbonyl (C=O) groups is 1. The molecule has 1 amide bonds.